The maximum atomic E-state index is 9.88. The van der Waals surface area contributed by atoms with E-state index in [1.807, 2.05) is 0 Å². The molecule has 0 amide bonds. The van der Waals surface area contributed by atoms with Crippen molar-refractivity contribution in [1.29, 1.82) is 0 Å². The molecule has 1 heterocycles. The van der Waals surface area contributed by atoms with Gasteiger partial charge in [0.2, 0.25) is 0 Å². The van der Waals surface area contributed by atoms with Crippen molar-refractivity contribution in [3.8, 4) is 11.5 Å². The summed E-state index contributed by atoms with van der Waals surface area (Å²) < 4.78 is 5.20. The molecule has 0 unspecified atom stereocenters. The van der Waals surface area contributed by atoms with E-state index in [9.17, 15) is 5.11 Å². The quantitative estimate of drug-likeness (QED) is 0.874. The number of nitrogens with one attached hydrogen (secondary N) is 1. The average molecular weight is 338 g/mol. The number of methoxy groups -OCH3 is 1. The topological polar surface area (TPSA) is 67.3 Å². The summed E-state index contributed by atoms with van der Waals surface area (Å²) in [5, 5.41) is 14.3. The number of hydrogen-bond acceptors (Lipinski definition) is 5. The first-order valence-electron chi connectivity index (χ1n) is 8.06. The van der Waals surface area contributed by atoms with Crippen molar-refractivity contribution in [2.75, 3.05) is 12.4 Å². The fraction of sp³-hybridized carbons (Fsp3) is 0.529. The summed E-state index contributed by atoms with van der Waals surface area (Å²) in [6, 6.07) is 3.88. The molecule has 3 rings (SSSR count). The number of hydrogen-bond donors (Lipinski definition) is 2. The Bertz CT molecular complexity index is 643. The summed E-state index contributed by atoms with van der Waals surface area (Å²) in [6.45, 7) is 0. The second kappa shape index (κ2) is 8.20. The Morgan fingerprint density at radius 2 is 1.78 bits per heavy atom. The van der Waals surface area contributed by atoms with Crippen LogP contribution in [-0.2, 0) is 0 Å². The number of benzene rings is 1. The van der Waals surface area contributed by atoms with Crippen molar-refractivity contribution in [1.82, 2.24) is 9.97 Å². The van der Waals surface area contributed by atoms with Crippen molar-refractivity contribution in [3.63, 3.8) is 0 Å². The molecule has 6 heteroatoms. The van der Waals surface area contributed by atoms with Gasteiger partial charge in [0.15, 0.2) is 11.5 Å². The van der Waals surface area contributed by atoms with E-state index in [1.165, 1.54) is 44.9 Å². The van der Waals surface area contributed by atoms with E-state index < -0.39 is 0 Å². The number of ether oxygens (including phenoxy) is 1. The maximum absolute atomic E-state index is 9.88. The molecular weight excluding hydrogens is 314 g/mol. The molecule has 0 radical (unpaired) electrons. The van der Waals surface area contributed by atoms with Gasteiger partial charge in [-0.2, -0.15) is 0 Å². The molecule has 0 bridgehead atoms. The summed E-state index contributed by atoms with van der Waals surface area (Å²) in [7, 11) is 1.55. The zero-order chi connectivity index (χ0) is 15.4. The number of phenols is 1. The Labute approximate surface area is 142 Å². The van der Waals surface area contributed by atoms with Crippen molar-refractivity contribution in [2.45, 2.75) is 51.0 Å². The monoisotopic (exact) mass is 337 g/mol. The van der Waals surface area contributed by atoms with Crippen LogP contribution in [0.5, 0.6) is 11.5 Å². The minimum absolute atomic E-state index is 0. The highest BCUT2D eigenvalue weighted by atomic mass is 35.5. The molecule has 1 aliphatic rings. The molecule has 1 fully saturated rings. The highest BCUT2D eigenvalue weighted by Crippen LogP contribution is 2.33. The number of nitrogens with zero attached hydrogens (tertiary/aromatic N) is 2. The second-order valence-corrected chi connectivity index (χ2v) is 5.95. The zero-order valence-corrected chi connectivity index (χ0v) is 14.2. The van der Waals surface area contributed by atoms with Crippen molar-refractivity contribution >= 4 is 29.1 Å². The number of halogens is 1. The highest BCUT2D eigenvalue weighted by Gasteiger charge is 2.15. The lowest BCUT2D eigenvalue weighted by Crippen LogP contribution is -2.21. The fourth-order valence-electron chi connectivity index (χ4n) is 3.14. The Balaban J connectivity index is 0.00000192. The molecule has 0 atom stereocenters. The number of phenolic OH excluding ortho intramolecular Hbond substituents is 1. The van der Waals surface area contributed by atoms with Gasteiger partial charge in [-0.25, -0.2) is 9.97 Å². The molecule has 0 aliphatic heterocycles. The van der Waals surface area contributed by atoms with Crippen LogP contribution in [0.15, 0.2) is 18.5 Å². The van der Waals surface area contributed by atoms with Gasteiger partial charge < -0.3 is 15.2 Å². The van der Waals surface area contributed by atoms with Crippen LogP contribution in [0.25, 0.3) is 10.9 Å². The second-order valence-electron chi connectivity index (χ2n) is 5.95. The largest absolute Gasteiger partial charge is 0.504 e. The van der Waals surface area contributed by atoms with Gasteiger partial charge in [-0.15, -0.1) is 12.4 Å². The smallest absolute Gasteiger partial charge is 0.161 e. The van der Waals surface area contributed by atoms with Gasteiger partial charge in [0, 0.05) is 17.5 Å². The highest BCUT2D eigenvalue weighted by molar-refractivity contribution is 5.91. The predicted octanol–water partition coefficient (Wildman–Crippen LogP) is 4.29. The van der Waals surface area contributed by atoms with E-state index in [0.717, 1.165) is 16.7 Å². The molecule has 2 aromatic rings. The Hall–Kier alpha value is -1.75. The minimum atomic E-state index is 0. The third-order valence-corrected chi connectivity index (χ3v) is 4.38. The van der Waals surface area contributed by atoms with Crippen LogP contribution in [0.3, 0.4) is 0 Å². The normalized spacial score (nSPS) is 16.2. The lowest BCUT2D eigenvalue weighted by molar-refractivity contribution is 0.374. The van der Waals surface area contributed by atoms with Gasteiger partial charge in [-0.3, -0.25) is 0 Å². The van der Waals surface area contributed by atoms with Crippen molar-refractivity contribution < 1.29 is 9.84 Å². The molecule has 1 saturated carbocycles. The molecule has 1 aromatic heterocycles. The third-order valence-electron chi connectivity index (χ3n) is 4.38. The summed E-state index contributed by atoms with van der Waals surface area (Å²) in [6.07, 6.45) is 10.4. The van der Waals surface area contributed by atoms with Crippen LogP contribution in [-0.4, -0.2) is 28.2 Å². The summed E-state index contributed by atoms with van der Waals surface area (Å²) in [5.74, 6) is 1.38. The van der Waals surface area contributed by atoms with Gasteiger partial charge in [0.05, 0.1) is 12.6 Å². The molecule has 5 nitrogen and oxygen atoms in total. The Morgan fingerprint density at radius 1 is 1.09 bits per heavy atom. The Kier molecular flexibility index (Phi) is 6.28. The van der Waals surface area contributed by atoms with Crippen LogP contribution < -0.4 is 10.1 Å². The lowest BCUT2D eigenvalue weighted by Gasteiger charge is -2.22. The van der Waals surface area contributed by atoms with E-state index in [-0.39, 0.29) is 18.2 Å². The van der Waals surface area contributed by atoms with E-state index >= 15 is 0 Å². The maximum Gasteiger partial charge on any atom is 0.161 e. The number of rotatable bonds is 3. The molecule has 126 valence electrons. The minimum Gasteiger partial charge on any atom is -0.504 e. The van der Waals surface area contributed by atoms with Crippen LogP contribution in [0.4, 0.5) is 5.82 Å². The summed E-state index contributed by atoms with van der Waals surface area (Å²) >= 11 is 0. The van der Waals surface area contributed by atoms with E-state index in [4.69, 9.17) is 4.74 Å². The lowest BCUT2D eigenvalue weighted by atomic mass is 9.96. The first kappa shape index (κ1) is 17.6. The van der Waals surface area contributed by atoms with Gasteiger partial charge in [0.25, 0.3) is 0 Å². The Morgan fingerprint density at radius 3 is 2.48 bits per heavy atom. The molecule has 23 heavy (non-hydrogen) atoms. The average Bonchev–Trinajstić information content (AvgIpc) is 2.49. The molecule has 0 saturated heterocycles. The van der Waals surface area contributed by atoms with Crippen LogP contribution in [0, 0.1) is 0 Å². The van der Waals surface area contributed by atoms with Crippen molar-refractivity contribution in [3.05, 3.63) is 18.5 Å². The molecule has 0 spiro atoms. The van der Waals surface area contributed by atoms with Gasteiger partial charge in [0.1, 0.15) is 12.1 Å². The van der Waals surface area contributed by atoms with Gasteiger partial charge >= 0.3 is 0 Å². The molecular formula is C17H24ClN3O2. The number of fused-ring (bicyclic) bond motifs is 1. The molecule has 2 N–H and O–H groups in total. The van der Waals surface area contributed by atoms with E-state index in [1.54, 1.807) is 25.6 Å². The van der Waals surface area contributed by atoms with Crippen LogP contribution in [0.2, 0.25) is 0 Å². The number of anilines is 1. The number of aromatic hydroxyl groups is 1. The van der Waals surface area contributed by atoms with Crippen LogP contribution in [0.1, 0.15) is 44.9 Å². The van der Waals surface area contributed by atoms with Crippen molar-refractivity contribution in [2.24, 2.45) is 0 Å². The van der Waals surface area contributed by atoms with E-state index in [2.05, 4.69) is 15.3 Å². The molecule has 1 aliphatic carbocycles. The first-order valence-corrected chi connectivity index (χ1v) is 8.06. The number of aromatic nitrogens is 2. The third kappa shape index (κ3) is 4.16. The van der Waals surface area contributed by atoms with E-state index in [0.29, 0.717) is 11.8 Å². The zero-order valence-electron chi connectivity index (χ0n) is 13.4. The standard InChI is InChI=1S/C17H23N3O2.ClH/c1-22-16-9-13-14(10-15(16)21)18-11-19-17(13)20-12-7-5-3-2-4-6-8-12;/h9-12,21H,2-8H2,1H3,(H,18,19,20);1H. The molecule has 1 aromatic carbocycles. The van der Waals surface area contributed by atoms with Crippen LogP contribution >= 0.6 is 12.4 Å². The first-order chi connectivity index (χ1) is 10.8. The SMILES string of the molecule is COc1cc2c(NC3CCCCCCC3)ncnc2cc1O.Cl. The summed E-state index contributed by atoms with van der Waals surface area (Å²) in [4.78, 5) is 8.64. The summed E-state index contributed by atoms with van der Waals surface area (Å²) in [5.41, 5.74) is 0.724. The fourth-order valence-corrected chi connectivity index (χ4v) is 3.14. The predicted molar refractivity (Wildman–Crippen MR) is 94.7 cm³/mol. The van der Waals surface area contributed by atoms with Gasteiger partial charge in [-0.05, 0) is 18.9 Å². The van der Waals surface area contributed by atoms with Gasteiger partial charge in [-0.1, -0.05) is 32.1 Å².